The van der Waals surface area contributed by atoms with Crippen LogP contribution in [-0.2, 0) is 17.6 Å². The summed E-state index contributed by atoms with van der Waals surface area (Å²) in [5.41, 5.74) is 2.51. The second-order valence-electron chi connectivity index (χ2n) is 5.62. The molecule has 3 rings (SSSR count). The van der Waals surface area contributed by atoms with Gasteiger partial charge in [-0.25, -0.2) is 0 Å². The summed E-state index contributed by atoms with van der Waals surface area (Å²) in [6.07, 6.45) is -1.92. The van der Waals surface area contributed by atoms with Crippen molar-refractivity contribution in [1.82, 2.24) is 0 Å². The van der Waals surface area contributed by atoms with Crippen molar-refractivity contribution in [3.8, 4) is 11.1 Å². The molecule has 0 heterocycles. The summed E-state index contributed by atoms with van der Waals surface area (Å²) < 4.78 is 38.0. The molecule has 0 saturated carbocycles. The molecule has 5 heteroatoms. The molecule has 0 aliphatic rings. The SMILES string of the molecule is FC(F)(F)c1cccc(/[C]=N\OCc2cccc(-c3ccccc3)c2)c1. The molecular weight excluding hydrogens is 339 g/mol. The highest BCUT2D eigenvalue weighted by Gasteiger charge is 2.30. The van der Waals surface area contributed by atoms with Crippen molar-refractivity contribution in [2.75, 3.05) is 0 Å². The van der Waals surface area contributed by atoms with Gasteiger partial charge in [0.15, 0.2) is 0 Å². The van der Waals surface area contributed by atoms with Crippen LogP contribution in [0.15, 0.2) is 84.0 Å². The Morgan fingerprint density at radius 1 is 0.808 bits per heavy atom. The maximum absolute atomic E-state index is 12.7. The number of hydrogen-bond donors (Lipinski definition) is 0. The molecule has 0 saturated heterocycles. The van der Waals surface area contributed by atoms with Crippen LogP contribution in [0.1, 0.15) is 16.7 Å². The topological polar surface area (TPSA) is 21.6 Å². The minimum absolute atomic E-state index is 0.201. The fourth-order valence-electron chi connectivity index (χ4n) is 2.43. The van der Waals surface area contributed by atoms with E-state index in [0.29, 0.717) is 0 Å². The van der Waals surface area contributed by atoms with Crippen LogP contribution in [0.4, 0.5) is 13.2 Å². The van der Waals surface area contributed by atoms with Gasteiger partial charge in [0.25, 0.3) is 0 Å². The van der Waals surface area contributed by atoms with Crippen LogP contribution in [-0.4, -0.2) is 6.21 Å². The smallest absolute Gasteiger partial charge is 0.390 e. The van der Waals surface area contributed by atoms with Crippen LogP contribution in [0, 0.1) is 0 Å². The van der Waals surface area contributed by atoms with Gasteiger partial charge in [-0.3, -0.25) is 0 Å². The normalized spacial score (nSPS) is 11.7. The number of alkyl halides is 3. The molecule has 0 atom stereocenters. The Morgan fingerprint density at radius 3 is 2.31 bits per heavy atom. The Bertz CT molecular complexity index is 889. The number of halogens is 3. The Balaban J connectivity index is 1.63. The summed E-state index contributed by atoms with van der Waals surface area (Å²) in [7, 11) is 0. The van der Waals surface area contributed by atoms with Crippen molar-refractivity contribution in [1.29, 1.82) is 0 Å². The lowest BCUT2D eigenvalue weighted by Gasteiger charge is -2.06. The summed E-state index contributed by atoms with van der Waals surface area (Å²) in [4.78, 5) is 5.17. The standard InChI is InChI=1S/C21H15F3NO/c22-21(23,24)20-11-5-6-16(13-20)14-25-26-15-17-7-4-10-19(12-17)18-8-2-1-3-9-18/h1-13H,15H2. The predicted molar refractivity (Wildman–Crippen MR) is 94.6 cm³/mol. The van der Waals surface area contributed by atoms with Gasteiger partial charge in [0.05, 0.1) is 5.56 Å². The first-order valence-corrected chi connectivity index (χ1v) is 7.92. The van der Waals surface area contributed by atoms with Crippen LogP contribution >= 0.6 is 0 Å². The quantitative estimate of drug-likeness (QED) is 0.419. The van der Waals surface area contributed by atoms with E-state index in [1.165, 1.54) is 12.1 Å². The third kappa shape index (κ3) is 4.72. The van der Waals surface area contributed by atoms with E-state index >= 15 is 0 Å². The molecule has 2 nitrogen and oxygen atoms in total. The Hall–Kier alpha value is -3.08. The van der Waals surface area contributed by atoms with Crippen molar-refractivity contribution in [3.05, 3.63) is 95.6 Å². The fraction of sp³-hybridized carbons (Fsp3) is 0.0952. The van der Waals surface area contributed by atoms with Crippen LogP contribution in [0.3, 0.4) is 0 Å². The zero-order chi connectivity index (χ0) is 18.4. The Morgan fingerprint density at radius 2 is 1.54 bits per heavy atom. The largest absolute Gasteiger partial charge is 0.416 e. The molecule has 0 fully saturated rings. The number of hydrogen-bond acceptors (Lipinski definition) is 2. The molecule has 0 N–H and O–H groups in total. The van der Waals surface area contributed by atoms with Gasteiger partial charge in [-0.2, -0.15) is 13.2 Å². The van der Waals surface area contributed by atoms with E-state index < -0.39 is 11.7 Å². The number of benzene rings is 3. The first-order valence-electron chi connectivity index (χ1n) is 7.92. The molecule has 0 unspecified atom stereocenters. The average Bonchev–Trinajstić information content (AvgIpc) is 2.66. The molecule has 3 aromatic carbocycles. The summed E-state index contributed by atoms with van der Waals surface area (Å²) in [6.45, 7) is 0.201. The van der Waals surface area contributed by atoms with Gasteiger partial charge < -0.3 is 4.84 Å². The van der Waals surface area contributed by atoms with E-state index in [-0.39, 0.29) is 12.2 Å². The van der Waals surface area contributed by atoms with Gasteiger partial charge in [-0.1, -0.05) is 65.8 Å². The van der Waals surface area contributed by atoms with E-state index in [2.05, 4.69) is 11.4 Å². The van der Waals surface area contributed by atoms with Gasteiger partial charge in [0, 0.05) is 5.56 Å². The van der Waals surface area contributed by atoms with Crippen molar-refractivity contribution >= 4 is 6.21 Å². The van der Waals surface area contributed by atoms with Crippen LogP contribution < -0.4 is 0 Å². The van der Waals surface area contributed by atoms with Gasteiger partial charge in [0.1, 0.15) is 12.8 Å². The van der Waals surface area contributed by atoms with Gasteiger partial charge in [-0.05, 0) is 34.9 Å². The van der Waals surface area contributed by atoms with Crippen LogP contribution in [0.25, 0.3) is 11.1 Å². The van der Waals surface area contributed by atoms with E-state index in [0.717, 1.165) is 28.8 Å². The van der Waals surface area contributed by atoms with E-state index in [9.17, 15) is 13.2 Å². The summed E-state index contributed by atoms with van der Waals surface area (Å²) >= 11 is 0. The van der Waals surface area contributed by atoms with Crippen molar-refractivity contribution in [2.24, 2.45) is 5.16 Å². The fourth-order valence-corrected chi connectivity index (χ4v) is 2.43. The minimum atomic E-state index is -4.39. The first kappa shape index (κ1) is 17.7. The Labute approximate surface area is 149 Å². The zero-order valence-electron chi connectivity index (χ0n) is 13.7. The molecule has 0 bridgehead atoms. The van der Waals surface area contributed by atoms with Crippen LogP contribution in [0.5, 0.6) is 0 Å². The van der Waals surface area contributed by atoms with Gasteiger partial charge >= 0.3 is 6.18 Å². The second kappa shape index (κ2) is 7.87. The average molecular weight is 354 g/mol. The lowest BCUT2D eigenvalue weighted by Crippen LogP contribution is -2.05. The highest BCUT2D eigenvalue weighted by molar-refractivity contribution is 5.79. The second-order valence-corrected chi connectivity index (χ2v) is 5.62. The number of nitrogens with zero attached hydrogens (tertiary/aromatic N) is 1. The van der Waals surface area contributed by atoms with Gasteiger partial charge in [-0.15, -0.1) is 0 Å². The van der Waals surface area contributed by atoms with E-state index in [1.807, 2.05) is 54.6 Å². The molecule has 3 aromatic rings. The van der Waals surface area contributed by atoms with Gasteiger partial charge in [0.2, 0.25) is 0 Å². The summed E-state index contributed by atoms with van der Waals surface area (Å²) in [5.74, 6) is 0. The van der Waals surface area contributed by atoms with Crippen LogP contribution in [0.2, 0.25) is 0 Å². The zero-order valence-corrected chi connectivity index (χ0v) is 13.7. The summed E-state index contributed by atoms with van der Waals surface area (Å²) in [5, 5.41) is 3.65. The Kier molecular flexibility index (Phi) is 5.37. The molecule has 0 aromatic heterocycles. The van der Waals surface area contributed by atoms with Crippen molar-refractivity contribution in [3.63, 3.8) is 0 Å². The van der Waals surface area contributed by atoms with E-state index in [4.69, 9.17) is 4.84 Å². The third-order valence-corrected chi connectivity index (χ3v) is 3.69. The van der Waals surface area contributed by atoms with Crippen molar-refractivity contribution < 1.29 is 18.0 Å². The monoisotopic (exact) mass is 354 g/mol. The highest BCUT2D eigenvalue weighted by Crippen LogP contribution is 2.29. The first-order chi connectivity index (χ1) is 12.5. The highest BCUT2D eigenvalue weighted by atomic mass is 19.4. The molecule has 131 valence electrons. The lowest BCUT2D eigenvalue weighted by molar-refractivity contribution is -0.137. The summed E-state index contributed by atoms with van der Waals surface area (Å²) in [6, 6.07) is 22.5. The van der Waals surface area contributed by atoms with E-state index in [1.54, 1.807) is 0 Å². The third-order valence-electron chi connectivity index (χ3n) is 3.69. The molecule has 1 radical (unpaired) electrons. The molecule has 0 aliphatic heterocycles. The molecular formula is C21H15F3NO. The minimum Gasteiger partial charge on any atom is -0.390 e. The molecule has 0 spiro atoms. The lowest BCUT2D eigenvalue weighted by atomic mass is 10.0. The van der Waals surface area contributed by atoms with Crippen molar-refractivity contribution in [2.45, 2.75) is 12.8 Å². The molecule has 0 aliphatic carbocycles. The predicted octanol–water partition coefficient (Wildman–Crippen LogP) is 5.80. The number of rotatable bonds is 5. The maximum Gasteiger partial charge on any atom is 0.416 e. The maximum atomic E-state index is 12.7. The molecule has 26 heavy (non-hydrogen) atoms. The molecule has 0 amide bonds.